The maximum atomic E-state index is 11.0. The van der Waals surface area contributed by atoms with Crippen molar-refractivity contribution in [3.05, 3.63) is 28.3 Å². The fourth-order valence-corrected chi connectivity index (χ4v) is 1.29. The Hall–Kier alpha value is -2.64. The van der Waals surface area contributed by atoms with Gasteiger partial charge in [0.15, 0.2) is 0 Å². The highest BCUT2D eigenvalue weighted by atomic mass is 16.6. The molecule has 1 amide bonds. The van der Waals surface area contributed by atoms with Crippen LogP contribution in [0.4, 0.5) is 11.4 Å². The minimum atomic E-state index is -1.05. The third-order valence-electron chi connectivity index (χ3n) is 2.06. The van der Waals surface area contributed by atoms with Crippen molar-refractivity contribution >= 4 is 23.3 Å². The van der Waals surface area contributed by atoms with Gasteiger partial charge in [-0.3, -0.25) is 19.7 Å². The number of carboxylic acids is 1. The van der Waals surface area contributed by atoms with Gasteiger partial charge >= 0.3 is 5.97 Å². The molecule has 0 saturated carbocycles. The SMILES string of the molecule is CC(=O)Nc1ccc([N+](=O)[O-])cc1OCCC(=O)O. The van der Waals surface area contributed by atoms with Crippen molar-refractivity contribution in [3.63, 3.8) is 0 Å². The number of hydrogen-bond donors (Lipinski definition) is 2. The molecular weight excluding hydrogens is 256 g/mol. The molecule has 0 unspecified atom stereocenters. The lowest BCUT2D eigenvalue weighted by Crippen LogP contribution is -2.10. The third-order valence-corrected chi connectivity index (χ3v) is 2.06. The number of nitro groups is 1. The van der Waals surface area contributed by atoms with Crippen LogP contribution < -0.4 is 10.1 Å². The van der Waals surface area contributed by atoms with Crippen LogP contribution in [0, 0.1) is 10.1 Å². The van der Waals surface area contributed by atoms with Gasteiger partial charge in [0.05, 0.1) is 29.7 Å². The summed E-state index contributed by atoms with van der Waals surface area (Å²) in [5, 5.41) is 21.6. The summed E-state index contributed by atoms with van der Waals surface area (Å²) in [6, 6.07) is 3.68. The Bertz CT molecular complexity index is 514. The number of anilines is 1. The molecule has 8 nitrogen and oxygen atoms in total. The highest BCUT2D eigenvalue weighted by Crippen LogP contribution is 2.29. The third kappa shape index (κ3) is 4.62. The zero-order valence-corrected chi connectivity index (χ0v) is 10.1. The van der Waals surface area contributed by atoms with Crippen LogP contribution in [0.25, 0.3) is 0 Å². The number of nitro benzene ring substituents is 1. The van der Waals surface area contributed by atoms with Crippen LogP contribution in [-0.2, 0) is 9.59 Å². The topological polar surface area (TPSA) is 119 Å². The van der Waals surface area contributed by atoms with Gasteiger partial charge < -0.3 is 15.2 Å². The average molecular weight is 268 g/mol. The molecule has 0 spiro atoms. The van der Waals surface area contributed by atoms with E-state index in [0.29, 0.717) is 0 Å². The molecule has 0 radical (unpaired) electrons. The summed E-state index contributed by atoms with van der Waals surface area (Å²) in [7, 11) is 0. The van der Waals surface area contributed by atoms with Gasteiger partial charge in [-0.05, 0) is 6.07 Å². The van der Waals surface area contributed by atoms with Crippen LogP contribution in [0.15, 0.2) is 18.2 Å². The van der Waals surface area contributed by atoms with Crippen LogP contribution >= 0.6 is 0 Å². The van der Waals surface area contributed by atoms with Crippen LogP contribution in [0.5, 0.6) is 5.75 Å². The summed E-state index contributed by atoms with van der Waals surface area (Å²) < 4.78 is 5.14. The molecule has 0 aliphatic rings. The second-order valence-corrected chi connectivity index (χ2v) is 3.61. The van der Waals surface area contributed by atoms with Crippen LogP contribution in [-0.4, -0.2) is 28.5 Å². The number of ether oxygens (including phenoxy) is 1. The van der Waals surface area contributed by atoms with Gasteiger partial charge in [0.25, 0.3) is 5.69 Å². The second kappa shape index (κ2) is 6.34. The number of benzene rings is 1. The first-order valence-electron chi connectivity index (χ1n) is 5.30. The predicted octanol–water partition coefficient (Wildman–Crippen LogP) is 1.41. The number of hydrogen-bond acceptors (Lipinski definition) is 5. The molecule has 0 aliphatic heterocycles. The Labute approximate surface area is 108 Å². The Morgan fingerprint density at radius 1 is 1.47 bits per heavy atom. The van der Waals surface area contributed by atoms with Crippen molar-refractivity contribution in [1.82, 2.24) is 0 Å². The van der Waals surface area contributed by atoms with Crippen molar-refractivity contribution in [2.75, 3.05) is 11.9 Å². The average Bonchev–Trinajstić information content (AvgIpc) is 2.29. The number of non-ortho nitro benzene ring substituents is 1. The quantitative estimate of drug-likeness (QED) is 0.594. The molecule has 8 heteroatoms. The van der Waals surface area contributed by atoms with E-state index in [9.17, 15) is 19.7 Å². The highest BCUT2D eigenvalue weighted by molar-refractivity contribution is 5.90. The molecule has 1 rings (SSSR count). The maximum absolute atomic E-state index is 11.0. The normalized spacial score (nSPS) is 9.74. The Balaban J connectivity index is 2.93. The van der Waals surface area contributed by atoms with E-state index in [0.717, 1.165) is 6.07 Å². The van der Waals surface area contributed by atoms with Gasteiger partial charge in [-0.1, -0.05) is 0 Å². The number of carboxylic acid groups (broad SMARTS) is 1. The van der Waals surface area contributed by atoms with Crippen LogP contribution in [0.2, 0.25) is 0 Å². The number of aliphatic carboxylic acids is 1. The molecule has 1 aromatic rings. The molecule has 102 valence electrons. The smallest absolute Gasteiger partial charge is 0.306 e. The number of carbonyl (C=O) groups excluding carboxylic acids is 1. The van der Waals surface area contributed by atoms with E-state index in [1.807, 2.05) is 0 Å². The molecule has 19 heavy (non-hydrogen) atoms. The van der Waals surface area contributed by atoms with Crippen molar-refractivity contribution in [3.8, 4) is 5.75 Å². The number of amides is 1. The lowest BCUT2D eigenvalue weighted by molar-refractivity contribution is -0.384. The Kier molecular flexibility index (Phi) is 4.81. The van der Waals surface area contributed by atoms with Crippen molar-refractivity contribution in [2.45, 2.75) is 13.3 Å². The number of rotatable bonds is 6. The van der Waals surface area contributed by atoms with Crippen LogP contribution in [0.1, 0.15) is 13.3 Å². The Morgan fingerprint density at radius 3 is 2.68 bits per heavy atom. The fourth-order valence-electron chi connectivity index (χ4n) is 1.29. The van der Waals surface area contributed by atoms with Crippen molar-refractivity contribution < 1.29 is 24.4 Å². The number of carbonyl (C=O) groups is 2. The summed E-state index contributed by atoms with van der Waals surface area (Å²) in [4.78, 5) is 31.4. The van der Waals surface area contributed by atoms with Gasteiger partial charge in [0, 0.05) is 13.0 Å². The molecule has 0 bridgehead atoms. The van der Waals surface area contributed by atoms with Gasteiger partial charge in [-0.25, -0.2) is 0 Å². The minimum absolute atomic E-state index is 0.0608. The molecule has 2 N–H and O–H groups in total. The molecule has 0 fully saturated rings. The predicted molar refractivity (Wildman–Crippen MR) is 65.1 cm³/mol. The van der Waals surface area contributed by atoms with E-state index in [1.54, 1.807) is 0 Å². The Morgan fingerprint density at radius 2 is 2.16 bits per heavy atom. The van der Waals surface area contributed by atoms with Gasteiger partial charge in [-0.2, -0.15) is 0 Å². The number of nitrogens with one attached hydrogen (secondary N) is 1. The van der Waals surface area contributed by atoms with E-state index < -0.39 is 10.9 Å². The molecule has 0 saturated heterocycles. The molecule has 0 aromatic heterocycles. The molecule has 0 aliphatic carbocycles. The number of nitrogens with zero attached hydrogens (tertiary/aromatic N) is 1. The van der Waals surface area contributed by atoms with E-state index in [-0.39, 0.29) is 36.1 Å². The first kappa shape index (κ1) is 14.4. The van der Waals surface area contributed by atoms with E-state index >= 15 is 0 Å². The summed E-state index contributed by atoms with van der Waals surface area (Å²) in [5.41, 5.74) is 0.0444. The van der Waals surface area contributed by atoms with E-state index in [1.165, 1.54) is 19.1 Å². The summed E-state index contributed by atoms with van der Waals surface area (Å²) in [6.07, 6.45) is -0.248. The van der Waals surface area contributed by atoms with E-state index in [4.69, 9.17) is 9.84 Å². The van der Waals surface area contributed by atoms with E-state index in [2.05, 4.69) is 5.32 Å². The van der Waals surface area contributed by atoms with Gasteiger partial charge in [0.2, 0.25) is 5.91 Å². The van der Waals surface area contributed by atoms with Gasteiger partial charge in [-0.15, -0.1) is 0 Å². The van der Waals surface area contributed by atoms with Crippen molar-refractivity contribution in [2.24, 2.45) is 0 Å². The zero-order valence-electron chi connectivity index (χ0n) is 10.1. The second-order valence-electron chi connectivity index (χ2n) is 3.61. The highest BCUT2D eigenvalue weighted by Gasteiger charge is 2.13. The first-order chi connectivity index (χ1) is 8.90. The molecule has 0 heterocycles. The zero-order chi connectivity index (χ0) is 14.4. The monoisotopic (exact) mass is 268 g/mol. The largest absolute Gasteiger partial charge is 0.491 e. The first-order valence-corrected chi connectivity index (χ1v) is 5.30. The lowest BCUT2D eigenvalue weighted by Gasteiger charge is -2.10. The molecule has 0 atom stereocenters. The molecular formula is C11H12N2O6. The van der Waals surface area contributed by atoms with Crippen molar-refractivity contribution in [1.29, 1.82) is 0 Å². The molecule has 1 aromatic carbocycles. The summed E-state index contributed by atoms with van der Waals surface area (Å²) in [5.74, 6) is -1.35. The summed E-state index contributed by atoms with van der Waals surface area (Å²) in [6.45, 7) is 1.13. The fraction of sp³-hybridized carbons (Fsp3) is 0.273. The lowest BCUT2D eigenvalue weighted by atomic mass is 10.2. The maximum Gasteiger partial charge on any atom is 0.306 e. The van der Waals surface area contributed by atoms with Crippen LogP contribution in [0.3, 0.4) is 0 Å². The van der Waals surface area contributed by atoms with Gasteiger partial charge in [0.1, 0.15) is 5.75 Å². The standard InChI is InChI=1S/C11H12N2O6/c1-7(14)12-9-3-2-8(13(17)18)6-10(9)19-5-4-11(15)16/h2-3,6H,4-5H2,1H3,(H,12,14)(H,15,16). The summed E-state index contributed by atoms with van der Waals surface area (Å²) >= 11 is 0. The minimum Gasteiger partial charge on any atom is -0.491 e.